The molecule has 24 heavy (non-hydrogen) atoms. The lowest BCUT2D eigenvalue weighted by Gasteiger charge is -2.09. The molecule has 0 saturated heterocycles. The van der Waals surface area contributed by atoms with E-state index < -0.39 is 5.97 Å². The Kier molecular flexibility index (Phi) is 3.36. The van der Waals surface area contributed by atoms with Crippen molar-refractivity contribution in [2.75, 3.05) is 0 Å². The van der Waals surface area contributed by atoms with Gasteiger partial charge in [-0.2, -0.15) is 0 Å². The number of carboxylic acids is 1. The van der Waals surface area contributed by atoms with Crippen molar-refractivity contribution >= 4 is 38.3 Å². The van der Waals surface area contributed by atoms with Gasteiger partial charge < -0.3 is 5.11 Å². The van der Waals surface area contributed by atoms with Crippen LogP contribution in [0, 0.1) is 13.8 Å². The molecule has 118 valence electrons. The van der Waals surface area contributed by atoms with Gasteiger partial charge in [-0.15, -0.1) is 11.3 Å². The molecule has 4 aromatic rings. The average Bonchev–Trinajstić information content (AvgIpc) is 2.98. The highest BCUT2D eigenvalue weighted by atomic mass is 32.1. The van der Waals surface area contributed by atoms with Crippen LogP contribution in [0.4, 0.5) is 0 Å². The summed E-state index contributed by atoms with van der Waals surface area (Å²) < 4.78 is 1.17. The van der Waals surface area contributed by atoms with Gasteiger partial charge in [0.15, 0.2) is 0 Å². The van der Waals surface area contributed by atoms with Gasteiger partial charge >= 0.3 is 5.97 Å². The summed E-state index contributed by atoms with van der Waals surface area (Å²) in [4.78, 5) is 17.5. The van der Waals surface area contributed by atoms with Crippen molar-refractivity contribution in [3.63, 3.8) is 0 Å². The van der Waals surface area contributed by atoms with E-state index in [1.807, 2.05) is 38.1 Å². The minimum atomic E-state index is -0.922. The number of hydrogen-bond donors (Lipinski definition) is 1. The molecule has 0 saturated carbocycles. The summed E-state index contributed by atoms with van der Waals surface area (Å²) in [5.74, 6) is -0.922. The molecular weight excluding hydrogens is 318 g/mol. The van der Waals surface area contributed by atoms with E-state index in [2.05, 4.69) is 18.2 Å². The van der Waals surface area contributed by atoms with Crippen molar-refractivity contribution in [3.05, 3.63) is 65.2 Å². The molecule has 0 atom stereocenters. The van der Waals surface area contributed by atoms with E-state index in [0.717, 1.165) is 26.9 Å². The SMILES string of the molecule is Cc1cc(C)c2nc(-c3cc4ccccc4s3)cc(C(=O)O)c2c1. The molecule has 1 N–H and O–H groups in total. The smallest absolute Gasteiger partial charge is 0.336 e. The van der Waals surface area contributed by atoms with E-state index >= 15 is 0 Å². The predicted molar refractivity (Wildman–Crippen MR) is 99.0 cm³/mol. The van der Waals surface area contributed by atoms with Gasteiger partial charge in [-0.25, -0.2) is 9.78 Å². The van der Waals surface area contributed by atoms with E-state index in [1.165, 1.54) is 4.70 Å². The Hall–Kier alpha value is -2.72. The molecule has 3 nitrogen and oxygen atoms in total. The molecule has 0 amide bonds. The van der Waals surface area contributed by atoms with Crippen LogP contribution in [0.1, 0.15) is 21.5 Å². The zero-order valence-electron chi connectivity index (χ0n) is 13.3. The van der Waals surface area contributed by atoms with Crippen molar-refractivity contribution in [3.8, 4) is 10.6 Å². The Morgan fingerprint density at radius 2 is 1.88 bits per heavy atom. The van der Waals surface area contributed by atoms with Gasteiger partial charge in [-0.05, 0) is 49.1 Å². The number of benzene rings is 2. The molecule has 0 aliphatic carbocycles. The Morgan fingerprint density at radius 1 is 1.08 bits per heavy atom. The molecule has 2 aromatic heterocycles. The van der Waals surface area contributed by atoms with Gasteiger partial charge in [0.2, 0.25) is 0 Å². The highest BCUT2D eigenvalue weighted by Gasteiger charge is 2.16. The van der Waals surface area contributed by atoms with Crippen molar-refractivity contribution in [1.82, 2.24) is 4.98 Å². The molecule has 0 radical (unpaired) electrons. The third kappa shape index (κ3) is 2.36. The summed E-state index contributed by atoms with van der Waals surface area (Å²) >= 11 is 1.63. The second-order valence-electron chi connectivity index (χ2n) is 5.99. The van der Waals surface area contributed by atoms with Gasteiger partial charge in [0.1, 0.15) is 0 Å². The third-order valence-electron chi connectivity index (χ3n) is 4.16. The summed E-state index contributed by atoms with van der Waals surface area (Å²) in [6.45, 7) is 3.95. The Morgan fingerprint density at radius 3 is 2.62 bits per heavy atom. The number of carboxylic acid groups (broad SMARTS) is 1. The molecule has 4 heteroatoms. The second-order valence-corrected chi connectivity index (χ2v) is 7.07. The molecule has 0 spiro atoms. The van der Waals surface area contributed by atoms with Crippen molar-refractivity contribution in [2.24, 2.45) is 0 Å². The average molecular weight is 333 g/mol. The third-order valence-corrected chi connectivity index (χ3v) is 5.30. The minimum absolute atomic E-state index is 0.305. The molecule has 0 aliphatic heterocycles. The minimum Gasteiger partial charge on any atom is -0.478 e. The van der Waals surface area contributed by atoms with E-state index in [1.54, 1.807) is 17.4 Å². The Labute approximate surface area is 143 Å². The number of pyridine rings is 1. The van der Waals surface area contributed by atoms with E-state index in [0.29, 0.717) is 16.6 Å². The molecule has 0 aliphatic rings. The first-order valence-electron chi connectivity index (χ1n) is 7.67. The van der Waals surface area contributed by atoms with Gasteiger partial charge in [0.25, 0.3) is 0 Å². The summed E-state index contributed by atoms with van der Waals surface area (Å²) in [7, 11) is 0. The fourth-order valence-electron chi connectivity index (χ4n) is 3.09. The second kappa shape index (κ2) is 5.42. The molecule has 0 fully saturated rings. The van der Waals surface area contributed by atoms with Crippen LogP contribution in [-0.2, 0) is 0 Å². The van der Waals surface area contributed by atoms with Gasteiger partial charge in [0, 0.05) is 10.1 Å². The van der Waals surface area contributed by atoms with Crippen molar-refractivity contribution in [2.45, 2.75) is 13.8 Å². The molecule has 2 aromatic carbocycles. The fraction of sp³-hybridized carbons (Fsp3) is 0.100. The van der Waals surface area contributed by atoms with E-state index in [-0.39, 0.29) is 0 Å². The number of rotatable bonds is 2. The molecule has 4 rings (SSSR count). The van der Waals surface area contributed by atoms with Crippen molar-refractivity contribution in [1.29, 1.82) is 0 Å². The zero-order chi connectivity index (χ0) is 16.8. The van der Waals surface area contributed by atoms with Crippen LogP contribution in [0.2, 0.25) is 0 Å². The highest BCUT2D eigenvalue weighted by molar-refractivity contribution is 7.22. The first-order chi connectivity index (χ1) is 11.5. The number of fused-ring (bicyclic) bond motifs is 2. The highest BCUT2D eigenvalue weighted by Crippen LogP contribution is 2.35. The maximum atomic E-state index is 11.8. The van der Waals surface area contributed by atoms with Crippen LogP contribution in [0.15, 0.2) is 48.5 Å². The van der Waals surface area contributed by atoms with E-state index in [9.17, 15) is 9.90 Å². The van der Waals surface area contributed by atoms with Crippen LogP contribution in [0.25, 0.3) is 31.6 Å². The van der Waals surface area contributed by atoms with Gasteiger partial charge in [-0.3, -0.25) is 0 Å². The maximum absolute atomic E-state index is 11.8. The molecular formula is C20H15NO2S. The predicted octanol–water partition coefficient (Wildman–Crippen LogP) is 5.43. The first kappa shape index (κ1) is 14.8. The summed E-state index contributed by atoms with van der Waals surface area (Å²) in [6, 6.07) is 15.8. The number of nitrogens with zero attached hydrogens (tertiary/aromatic N) is 1. The van der Waals surface area contributed by atoms with Crippen molar-refractivity contribution < 1.29 is 9.90 Å². The molecule has 0 unspecified atom stereocenters. The first-order valence-corrected chi connectivity index (χ1v) is 8.49. The number of thiophene rings is 1. The maximum Gasteiger partial charge on any atom is 0.336 e. The van der Waals surface area contributed by atoms with E-state index in [4.69, 9.17) is 4.98 Å². The van der Waals surface area contributed by atoms with Crippen LogP contribution in [-0.4, -0.2) is 16.1 Å². The lowest BCUT2D eigenvalue weighted by molar-refractivity contribution is 0.0699. The number of aromatic carboxylic acids is 1. The zero-order valence-corrected chi connectivity index (χ0v) is 14.1. The number of hydrogen-bond acceptors (Lipinski definition) is 3. The number of aromatic nitrogens is 1. The molecule has 0 bridgehead atoms. The molecule has 2 heterocycles. The Bertz CT molecular complexity index is 1080. The standard InChI is InChI=1S/C20H15NO2S/c1-11-7-12(2)19-14(8-11)15(20(22)23)10-16(21-19)18-9-13-5-3-4-6-17(13)24-18/h3-10H,1-2H3,(H,22,23). The topological polar surface area (TPSA) is 50.2 Å². The summed E-state index contributed by atoms with van der Waals surface area (Å²) in [6.07, 6.45) is 0. The monoisotopic (exact) mass is 333 g/mol. The normalized spacial score (nSPS) is 11.2. The van der Waals surface area contributed by atoms with Crippen LogP contribution >= 0.6 is 11.3 Å². The lowest BCUT2D eigenvalue weighted by atomic mass is 10.0. The van der Waals surface area contributed by atoms with Gasteiger partial charge in [0.05, 0.1) is 21.7 Å². The quantitative estimate of drug-likeness (QED) is 0.532. The van der Waals surface area contributed by atoms with Crippen LogP contribution in [0.3, 0.4) is 0 Å². The fourth-order valence-corrected chi connectivity index (χ4v) is 4.12. The number of carbonyl (C=O) groups is 1. The van der Waals surface area contributed by atoms with Crippen LogP contribution in [0.5, 0.6) is 0 Å². The Balaban J connectivity index is 2.04. The van der Waals surface area contributed by atoms with Crippen LogP contribution < -0.4 is 0 Å². The summed E-state index contributed by atoms with van der Waals surface area (Å²) in [5, 5.41) is 11.5. The number of aryl methyl sites for hydroxylation is 2. The lowest BCUT2D eigenvalue weighted by Crippen LogP contribution is -2.01. The summed E-state index contributed by atoms with van der Waals surface area (Å²) in [5.41, 5.74) is 3.81. The van der Waals surface area contributed by atoms with Gasteiger partial charge in [-0.1, -0.05) is 29.8 Å². The largest absolute Gasteiger partial charge is 0.478 e.